The van der Waals surface area contributed by atoms with Gasteiger partial charge in [0.15, 0.2) is 0 Å². The van der Waals surface area contributed by atoms with Crippen molar-refractivity contribution in [2.24, 2.45) is 0 Å². The second kappa shape index (κ2) is 6.61. The molecule has 1 aromatic heterocycles. The van der Waals surface area contributed by atoms with Gasteiger partial charge in [-0.15, -0.1) is 0 Å². The lowest BCUT2D eigenvalue weighted by molar-refractivity contribution is -0.345. The summed E-state index contributed by atoms with van der Waals surface area (Å²) in [6.45, 7) is 4.57. The van der Waals surface area contributed by atoms with Crippen molar-refractivity contribution in [3.05, 3.63) is 41.0 Å². The fourth-order valence-electron chi connectivity index (χ4n) is 3.06. The van der Waals surface area contributed by atoms with Crippen molar-refractivity contribution in [3.63, 3.8) is 0 Å². The summed E-state index contributed by atoms with van der Waals surface area (Å²) in [5.74, 6) is 2.32. The number of rotatable bonds is 4. The summed E-state index contributed by atoms with van der Waals surface area (Å²) in [6, 6.07) is 9.94. The molecule has 1 aliphatic heterocycles. The zero-order chi connectivity index (χ0) is 18.0. The first-order valence-electron chi connectivity index (χ1n) is 8.21. The Bertz CT molecular complexity index is 823. The zero-order valence-corrected chi connectivity index (χ0v) is 15.0. The van der Waals surface area contributed by atoms with Crippen molar-refractivity contribution in [2.75, 3.05) is 24.8 Å². The molecule has 1 aliphatic rings. The van der Waals surface area contributed by atoms with Gasteiger partial charge in [-0.1, -0.05) is 0 Å². The summed E-state index contributed by atoms with van der Waals surface area (Å²) < 4.78 is 11.1. The van der Waals surface area contributed by atoms with Gasteiger partial charge in [0.05, 0.1) is 30.6 Å². The minimum absolute atomic E-state index is 0.289. The highest BCUT2D eigenvalue weighted by atomic mass is 16.5. The SMILES string of the molecule is CNc1[nH+]c(Nc2ccc(OC)cc2)c(C#N)c2c1COC(C)(C)C2. The Morgan fingerprint density at radius 2 is 1.92 bits per heavy atom. The molecule has 0 unspecified atom stereocenters. The number of ether oxygens (including phenoxy) is 2. The van der Waals surface area contributed by atoms with E-state index in [4.69, 9.17) is 9.47 Å². The van der Waals surface area contributed by atoms with Crippen LogP contribution < -0.4 is 20.4 Å². The Balaban J connectivity index is 2.05. The molecule has 3 rings (SSSR count). The second-order valence-electron chi connectivity index (χ2n) is 6.65. The number of methoxy groups -OCH3 is 1. The van der Waals surface area contributed by atoms with Crippen molar-refractivity contribution in [2.45, 2.75) is 32.5 Å². The van der Waals surface area contributed by atoms with E-state index >= 15 is 0 Å². The highest BCUT2D eigenvalue weighted by Crippen LogP contribution is 2.35. The molecule has 130 valence electrons. The predicted molar refractivity (Wildman–Crippen MR) is 96.1 cm³/mol. The van der Waals surface area contributed by atoms with Gasteiger partial charge in [-0.3, -0.25) is 5.32 Å². The van der Waals surface area contributed by atoms with E-state index in [2.05, 4.69) is 21.7 Å². The highest BCUT2D eigenvalue weighted by Gasteiger charge is 2.33. The summed E-state index contributed by atoms with van der Waals surface area (Å²) in [5.41, 5.74) is 3.25. The van der Waals surface area contributed by atoms with Crippen molar-refractivity contribution in [3.8, 4) is 11.8 Å². The van der Waals surface area contributed by atoms with Crippen LogP contribution in [-0.2, 0) is 17.8 Å². The van der Waals surface area contributed by atoms with Gasteiger partial charge in [0.2, 0.25) is 11.6 Å². The maximum atomic E-state index is 9.78. The number of nitriles is 1. The van der Waals surface area contributed by atoms with Gasteiger partial charge >= 0.3 is 0 Å². The van der Waals surface area contributed by atoms with Crippen molar-refractivity contribution < 1.29 is 14.5 Å². The van der Waals surface area contributed by atoms with Crippen molar-refractivity contribution >= 4 is 17.3 Å². The average Bonchev–Trinajstić information content (AvgIpc) is 2.60. The minimum atomic E-state index is -0.289. The fourth-order valence-corrected chi connectivity index (χ4v) is 3.06. The van der Waals surface area contributed by atoms with E-state index in [0.29, 0.717) is 24.4 Å². The Morgan fingerprint density at radius 1 is 1.20 bits per heavy atom. The summed E-state index contributed by atoms with van der Waals surface area (Å²) >= 11 is 0. The molecule has 0 amide bonds. The number of anilines is 3. The minimum Gasteiger partial charge on any atom is -0.497 e. The monoisotopic (exact) mass is 339 g/mol. The van der Waals surface area contributed by atoms with Crippen LogP contribution in [0.4, 0.5) is 17.3 Å². The highest BCUT2D eigenvalue weighted by molar-refractivity contribution is 5.66. The van der Waals surface area contributed by atoms with Gasteiger partial charge in [0, 0.05) is 13.5 Å². The molecular weight excluding hydrogens is 316 g/mol. The number of benzene rings is 1. The number of fused-ring (bicyclic) bond motifs is 1. The van der Waals surface area contributed by atoms with Gasteiger partial charge in [0.25, 0.3) is 0 Å². The Labute approximate surface area is 147 Å². The predicted octanol–water partition coefficient (Wildman–Crippen LogP) is 3.02. The van der Waals surface area contributed by atoms with Crippen LogP contribution in [0.5, 0.6) is 5.75 Å². The first kappa shape index (κ1) is 17.1. The molecule has 0 radical (unpaired) electrons. The van der Waals surface area contributed by atoms with Gasteiger partial charge < -0.3 is 14.8 Å². The van der Waals surface area contributed by atoms with Crippen LogP contribution in [0.15, 0.2) is 24.3 Å². The molecular formula is C19H23N4O2+. The quantitative estimate of drug-likeness (QED) is 0.895. The number of hydrogen-bond donors (Lipinski definition) is 2. The van der Waals surface area contributed by atoms with Crippen LogP contribution in [0.2, 0.25) is 0 Å². The third-order valence-corrected chi connectivity index (χ3v) is 4.40. The Morgan fingerprint density at radius 3 is 2.52 bits per heavy atom. The molecule has 2 aromatic rings. The molecule has 25 heavy (non-hydrogen) atoms. The van der Waals surface area contributed by atoms with Crippen LogP contribution in [0, 0.1) is 11.3 Å². The van der Waals surface area contributed by atoms with Crippen LogP contribution in [0.25, 0.3) is 0 Å². The van der Waals surface area contributed by atoms with Gasteiger partial charge in [0.1, 0.15) is 17.4 Å². The molecule has 0 aliphatic carbocycles. The van der Waals surface area contributed by atoms with Crippen molar-refractivity contribution in [1.29, 1.82) is 5.26 Å². The Kier molecular flexibility index (Phi) is 4.51. The maximum absolute atomic E-state index is 9.78. The molecule has 6 heteroatoms. The number of H-pyrrole nitrogens is 1. The van der Waals surface area contributed by atoms with E-state index in [9.17, 15) is 5.26 Å². The molecule has 0 saturated heterocycles. The number of nitrogens with zero attached hydrogens (tertiary/aromatic N) is 1. The second-order valence-corrected chi connectivity index (χ2v) is 6.65. The van der Waals surface area contributed by atoms with Crippen LogP contribution in [0.1, 0.15) is 30.5 Å². The topological polar surface area (TPSA) is 80.5 Å². The summed E-state index contributed by atoms with van der Waals surface area (Å²) in [4.78, 5) is 3.29. The molecule has 0 saturated carbocycles. The fraction of sp³-hybridized carbons (Fsp3) is 0.368. The maximum Gasteiger partial charge on any atom is 0.242 e. The largest absolute Gasteiger partial charge is 0.497 e. The van der Waals surface area contributed by atoms with Crippen LogP contribution in [-0.4, -0.2) is 19.8 Å². The van der Waals surface area contributed by atoms with E-state index in [1.54, 1.807) is 7.11 Å². The van der Waals surface area contributed by atoms with E-state index in [1.807, 2.05) is 45.2 Å². The summed E-state index contributed by atoms with van der Waals surface area (Å²) in [7, 11) is 3.49. The molecule has 0 atom stereocenters. The lowest BCUT2D eigenvalue weighted by Gasteiger charge is -2.32. The van der Waals surface area contributed by atoms with Crippen LogP contribution in [0.3, 0.4) is 0 Å². The number of hydrogen-bond acceptors (Lipinski definition) is 5. The molecule has 1 aromatic carbocycles. The van der Waals surface area contributed by atoms with E-state index in [1.165, 1.54) is 0 Å². The van der Waals surface area contributed by atoms with Gasteiger partial charge in [-0.25, -0.2) is 4.98 Å². The molecule has 0 spiro atoms. The summed E-state index contributed by atoms with van der Waals surface area (Å²) in [5, 5.41) is 16.3. The normalized spacial score (nSPS) is 15.0. The lowest BCUT2D eigenvalue weighted by Crippen LogP contribution is -2.35. The number of aromatic nitrogens is 1. The standard InChI is InChI=1S/C19H22N4O2/c1-19(2)9-14-15(10-20)18(23-17(21-3)16(14)11-25-19)22-12-5-7-13(24-4)8-6-12/h5-8H,9,11H2,1-4H3,(H2,21,22,23)/p+1. The number of pyridine rings is 1. The smallest absolute Gasteiger partial charge is 0.242 e. The first-order valence-corrected chi connectivity index (χ1v) is 8.21. The van der Waals surface area contributed by atoms with E-state index in [0.717, 1.165) is 28.4 Å². The van der Waals surface area contributed by atoms with E-state index in [-0.39, 0.29) is 5.60 Å². The zero-order valence-electron chi connectivity index (χ0n) is 15.0. The van der Waals surface area contributed by atoms with E-state index < -0.39 is 0 Å². The van der Waals surface area contributed by atoms with Crippen molar-refractivity contribution in [1.82, 2.24) is 0 Å². The first-order chi connectivity index (χ1) is 12.0. The number of nitrogens with one attached hydrogen (secondary N) is 3. The third-order valence-electron chi connectivity index (χ3n) is 4.40. The molecule has 0 bridgehead atoms. The molecule has 0 fully saturated rings. The lowest BCUT2D eigenvalue weighted by atomic mass is 9.89. The van der Waals surface area contributed by atoms with Gasteiger partial charge in [-0.2, -0.15) is 5.26 Å². The Hall–Kier alpha value is -2.78. The molecule has 2 heterocycles. The third kappa shape index (κ3) is 3.37. The van der Waals surface area contributed by atoms with Gasteiger partial charge in [-0.05, 0) is 43.7 Å². The van der Waals surface area contributed by atoms with Crippen LogP contribution >= 0.6 is 0 Å². The average molecular weight is 339 g/mol. The molecule has 6 nitrogen and oxygen atoms in total. The number of aromatic amines is 1. The molecule has 3 N–H and O–H groups in total. The summed E-state index contributed by atoms with van der Waals surface area (Å²) in [6.07, 6.45) is 0.686.